The van der Waals surface area contributed by atoms with E-state index in [1.807, 2.05) is 6.92 Å². The number of hydrogen-bond donors (Lipinski definition) is 0. The van der Waals surface area contributed by atoms with Crippen LogP contribution in [0.1, 0.15) is 39.5 Å². The van der Waals surface area contributed by atoms with Gasteiger partial charge < -0.3 is 4.74 Å². The molecule has 1 unspecified atom stereocenters. The lowest BCUT2D eigenvalue weighted by Crippen LogP contribution is -2.12. The van der Waals surface area contributed by atoms with Crippen molar-refractivity contribution >= 4 is 21.9 Å². The highest BCUT2D eigenvalue weighted by Crippen LogP contribution is 2.04. The van der Waals surface area contributed by atoms with Crippen molar-refractivity contribution in [2.75, 3.05) is 11.9 Å². The summed E-state index contributed by atoms with van der Waals surface area (Å²) in [6.45, 7) is 4.71. The zero-order valence-electron chi connectivity index (χ0n) is 8.51. The molecule has 0 aromatic rings. The van der Waals surface area contributed by atoms with E-state index in [4.69, 9.17) is 4.74 Å². The Hall–Kier alpha value is -0.0500. The Labute approximate surface area is 89.2 Å². The zero-order valence-corrected chi connectivity index (χ0v) is 10.1. The highest BCUT2D eigenvalue weighted by Gasteiger charge is 2.05. The Morgan fingerprint density at radius 1 is 1.46 bits per heavy atom. The highest BCUT2D eigenvalue weighted by molar-refractivity contribution is 9.09. The van der Waals surface area contributed by atoms with Gasteiger partial charge in [0, 0.05) is 11.8 Å². The molecule has 1 atom stereocenters. The number of esters is 1. The molecule has 0 aliphatic heterocycles. The van der Waals surface area contributed by atoms with Gasteiger partial charge in [-0.05, 0) is 12.3 Å². The van der Waals surface area contributed by atoms with Crippen molar-refractivity contribution in [1.82, 2.24) is 0 Å². The van der Waals surface area contributed by atoms with E-state index in [-0.39, 0.29) is 5.97 Å². The summed E-state index contributed by atoms with van der Waals surface area (Å²) in [5, 5.41) is 0.884. The Morgan fingerprint density at radius 3 is 2.69 bits per heavy atom. The van der Waals surface area contributed by atoms with Crippen LogP contribution < -0.4 is 0 Å². The lowest BCUT2D eigenvalue weighted by atomic mass is 10.2. The molecule has 0 amide bonds. The van der Waals surface area contributed by atoms with E-state index < -0.39 is 0 Å². The van der Waals surface area contributed by atoms with E-state index in [2.05, 4.69) is 22.9 Å². The standard InChI is InChI=1S/C10H19BrO2/c1-3-4-5-6-10(12)13-8-9(2)7-11/h9H,3-8H2,1-2H3. The number of ether oxygens (including phenoxy) is 1. The fourth-order valence-electron chi connectivity index (χ4n) is 0.871. The molecule has 0 bridgehead atoms. The molecular weight excluding hydrogens is 232 g/mol. The Morgan fingerprint density at radius 2 is 2.15 bits per heavy atom. The average Bonchev–Trinajstić information content (AvgIpc) is 2.14. The summed E-state index contributed by atoms with van der Waals surface area (Å²) in [5.41, 5.74) is 0. The number of rotatable bonds is 7. The molecule has 2 nitrogen and oxygen atoms in total. The van der Waals surface area contributed by atoms with Gasteiger partial charge in [-0.25, -0.2) is 0 Å². The largest absolute Gasteiger partial charge is 0.465 e. The third-order valence-corrected chi connectivity index (χ3v) is 2.88. The topological polar surface area (TPSA) is 26.3 Å². The van der Waals surface area contributed by atoms with Crippen molar-refractivity contribution in [2.24, 2.45) is 5.92 Å². The summed E-state index contributed by atoms with van der Waals surface area (Å²) < 4.78 is 5.07. The Balaban J connectivity index is 3.30. The predicted molar refractivity (Wildman–Crippen MR) is 58.1 cm³/mol. The fraction of sp³-hybridized carbons (Fsp3) is 0.900. The summed E-state index contributed by atoms with van der Waals surface area (Å²) in [6, 6.07) is 0. The van der Waals surface area contributed by atoms with E-state index in [0.717, 1.165) is 24.6 Å². The molecule has 0 aromatic carbocycles. The van der Waals surface area contributed by atoms with Crippen LogP contribution in [-0.4, -0.2) is 17.9 Å². The SMILES string of the molecule is CCCCCC(=O)OCC(C)CBr. The maximum absolute atomic E-state index is 11.1. The van der Waals surface area contributed by atoms with E-state index in [9.17, 15) is 4.79 Å². The predicted octanol–water partition coefficient (Wildman–Crippen LogP) is 3.14. The molecular formula is C10H19BrO2. The minimum absolute atomic E-state index is 0.0544. The number of halogens is 1. The highest BCUT2D eigenvalue weighted by atomic mass is 79.9. The smallest absolute Gasteiger partial charge is 0.305 e. The molecule has 0 fully saturated rings. The molecule has 0 rings (SSSR count). The van der Waals surface area contributed by atoms with E-state index in [0.29, 0.717) is 18.9 Å². The van der Waals surface area contributed by atoms with Crippen LogP contribution in [0.3, 0.4) is 0 Å². The van der Waals surface area contributed by atoms with E-state index in [1.54, 1.807) is 0 Å². The van der Waals surface area contributed by atoms with Gasteiger partial charge in [0.15, 0.2) is 0 Å². The molecule has 0 saturated heterocycles. The molecule has 0 aliphatic rings. The third kappa shape index (κ3) is 8.28. The zero-order chi connectivity index (χ0) is 10.1. The van der Waals surface area contributed by atoms with E-state index in [1.165, 1.54) is 0 Å². The summed E-state index contributed by atoms with van der Waals surface area (Å²) in [6.07, 6.45) is 3.79. The second-order valence-electron chi connectivity index (χ2n) is 3.40. The molecule has 78 valence electrons. The normalized spacial score (nSPS) is 12.5. The van der Waals surface area contributed by atoms with Gasteiger partial charge in [0.05, 0.1) is 6.61 Å². The van der Waals surface area contributed by atoms with Crippen LogP contribution in [0, 0.1) is 5.92 Å². The van der Waals surface area contributed by atoms with Crippen LogP contribution in [0.2, 0.25) is 0 Å². The van der Waals surface area contributed by atoms with Gasteiger partial charge in [0.25, 0.3) is 0 Å². The van der Waals surface area contributed by atoms with Crippen molar-refractivity contribution in [1.29, 1.82) is 0 Å². The van der Waals surface area contributed by atoms with Crippen molar-refractivity contribution in [3.63, 3.8) is 0 Å². The first-order valence-corrected chi connectivity index (χ1v) is 6.04. The summed E-state index contributed by atoms with van der Waals surface area (Å²) in [5.74, 6) is 0.358. The molecule has 0 N–H and O–H groups in total. The average molecular weight is 251 g/mol. The van der Waals surface area contributed by atoms with Crippen LogP contribution in [0.5, 0.6) is 0 Å². The maximum Gasteiger partial charge on any atom is 0.305 e. The van der Waals surface area contributed by atoms with Gasteiger partial charge in [0.1, 0.15) is 0 Å². The lowest BCUT2D eigenvalue weighted by Gasteiger charge is -2.08. The first-order chi connectivity index (χ1) is 6.20. The molecule has 0 radical (unpaired) electrons. The molecule has 3 heteroatoms. The number of hydrogen-bond acceptors (Lipinski definition) is 2. The van der Waals surface area contributed by atoms with Crippen LogP contribution in [0.4, 0.5) is 0 Å². The fourth-order valence-corrected chi connectivity index (χ4v) is 1.06. The van der Waals surface area contributed by atoms with Crippen molar-refractivity contribution in [3.8, 4) is 0 Å². The summed E-state index contributed by atoms with van der Waals surface area (Å²) >= 11 is 3.34. The van der Waals surface area contributed by atoms with E-state index >= 15 is 0 Å². The molecule has 0 aliphatic carbocycles. The number of unbranched alkanes of at least 4 members (excludes halogenated alkanes) is 2. The Bertz CT molecular complexity index is 137. The minimum atomic E-state index is -0.0544. The van der Waals surface area contributed by atoms with Crippen molar-refractivity contribution < 1.29 is 9.53 Å². The molecule has 0 aromatic heterocycles. The van der Waals surface area contributed by atoms with Gasteiger partial charge in [-0.15, -0.1) is 0 Å². The van der Waals surface area contributed by atoms with Crippen LogP contribution in [0.25, 0.3) is 0 Å². The molecule has 0 spiro atoms. The summed E-state index contributed by atoms with van der Waals surface area (Å²) in [7, 11) is 0. The number of carbonyl (C=O) groups excluding carboxylic acids is 1. The maximum atomic E-state index is 11.1. The van der Waals surface area contributed by atoms with Gasteiger partial charge in [0.2, 0.25) is 0 Å². The Kier molecular flexibility index (Phi) is 8.51. The van der Waals surface area contributed by atoms with Gasteiger partial charge in [-0.3, -0.25) is 4.79 Å². The van der Waals surface area contributed by atoms with Crippen LogP contribution in [-0.2, 0) is 9.53 Å². The monoisotopic (exact) mass is 250 g/mol. The van der Waals surface area contributed by atoms with Crippen LogP contribution >= 0.6 is 15.9 Å². The number of carbonyl (C=O) groups is 1. The first kappa shape index (κ1) is 12.9. The lowest BCUT2D eigenvalue weighted by molar-refractivity contribution is -0.144. The summed E-state index contributed by atoms with van der Waals surface area (Å²) in [4.78, 5) is 11.1. The van der Waals surface area contributed by atoms with Gasteiger partial charge in [-0.2, -0.15) is 0 Å². The minimum Gasteiger partial charge on any atom is -0.465 e. The van der Waals surface area contributed by atoms with Crippen molar-refractivity contribution in [3.05, 3.63) is 0 Å². The number of alkyl halides is 1. The first-order valence-electron chi connectivity index (χ1n) is 4.92. The van der Waals surface area contributed by atoms with Gasteiger partial charge in [-0.1, -0.05) is 42.6 Å². The van der Waals surface area contributed by atoms with Gasteiger partial charge >= 0.3 is 5.97 Å². The second kappa shape index (κ2) is 8.54. The third-order valence-electron chi connectivity index (χ3n) is 1.78. The molecule has 13 heavy (non-hydrogen) atoms. The van der Waals surface area contributed by atoms with Crippen LogP contribution in [0.15, 0.2) is 0 Å². The van der Waals surface area contributed by atoms with Crippen molar-refractivity contribution in [2.45, 2.75) is 39.5 Å². The molecule has 0 heterocycles. The quantitative estimate of drug-likeness (QED) is 0.394. The molecule has 0 saturated carbocycles. The second-order valence-corrected chi connectivity index (χ2v) is 4.05.